The van der Waals surface area contributed by atoms with Crippen LogP contribution in [0.1, 0.15) is 6.92 Å². The fourth-order valence-electron chi connectivity index (χ4n) is 1.52. The van der Waals surface area contributed by atoms with Crippen molar-refractivity contribution < 1.29 is 28.6 Å². The van der Waals surface area contributed by atoms with Crippen molar-refractivity contribution in [3.63, 3.8) is 0 Å². The quantitative estimate of drug-likeness (QED) is 0.500. The molecule has 2 N–H and O–H groups in total. The van der Waals surface area contributed by atoms with Gasteiger partial charge in [0.2, 0.25) is 0 Å². The molecule has 0 rings (SSSR count). The third kappa shape index (κ3) is 4.50. The van der Waals surface area contributed by atoms with Crippen molar-refractivity contribution in [1.29, 1.82) is 0 Å². The predicted molar refractivity (Wildman–Crippen MR) is 64.1 cm³/mol. The molecule has 0 aromatic rings. The lowest BCUT2D eigenvalue weighted by Crippen LogP contribution is -2.51. The smallest absolute Gasteiger partial charge is 0.326 e. The van der Waals surface area contributed by atoms with E-state index in [2.05, 4.69) is 6.58 Å². The molecule has 0 aromatic carbocycles. The Balaban J connectivity index is 5.33. The van der Waals surface area contributed by atoms with Crippen molar-refractivity contribution in [1.82, 2.24) is 0 Å². The number of hydrogen-bond donors (Lipinski definition) is 2. The van der Waals surface area contributed by atoms with Crippen molar-refractivity contribution in [3.05, 3.63) is 12.2 Å². The van der Waals surface area contributed by atoms with Gasteiger partial charge in [-0.2, -0.15) is 0 Å². The highest BCUT2D eigenvalue weighted by atomic mass is 31.2. The molecule has 2 unspecified atom stereocenters. The van der Waals surface area contributed by atoms with Crippen molar-refractivity contribution in [2.45, 2.75) is 18.6 Å². The Hall–Kier alpha value is -0.230. The van der Waals surface area contributed by atoms with Gasteiger partial charge in [-0.15, -0.1) is 0 Å². The van der Waals surface area contributed by atoms with Crippen LogP contribution in [0.5, 0.6) is 0 Å². The van der Waals surface area contributed by atoms with Gasteiger partial charge in [0.05, 0.1) is 13.2 Å². The van der Waals surface area contributed by atoms with Gasteiger partial charge in [0.15, 0.2) is 0 Å². The third-order valence-corrected chi connectivity index (χ3v) is 3.08. The molecule has 0 saturated heterocycles. The van der Waals surface area contributed by atoms with E-state index >= 15 is 0 Å². The maximum Gasteiger partial charge on any atom is 0.326 e. The van der Waals surface area contributed by atoms with Gasteiger partial charge in [0.25, 0.3) is 0 Å². The molecule has 6 nitrogen and oxygen atoms in total. The summed E-state index contributed by atoms with van der Waals surface area (Å²) in [6.45, 7) is 5.89. The fraction of sp³-hybridized carbons (Fsp3) is 0.800. The average molecular weight is 268 g/mol. The van der Waals surface area contributed by atoms with Crippen molar-refractivity contribution in [2.24, 2.45) is 0 Å². The molecule has 0 fully saturated rings. The normalized spacial score (nSPS) is 20.4. The molecule has 7 heteroatoms. The second-order valence-corrected chi connectivity index (χ2v) is 5.69. The third-order valence-electron chi connectivity index (χ3n) is 2.41. The minimum atomic E-state index is -3.80. The first kappa shape index (κ1) is 16.8. The zero-order valence-corrected chi connectivity index (χ0v) is 11.6. The second-order valence-electron chi connectivity index (χ2n) is 3.90. The molecule has 0 aliphatic rings. The topological polar surface area (TPSA) is 85.2 Å². The van der Waals surface area contributed by atoms with E-state index in [-0.39, 0.29) is 6.61 Å². The molecule has 0 bridgehead atoms. The van der Waals surface area contributed by atoms with E-state index in [0.29, 0.717) is 5.57 Å². The zero-order valence-electron chi connectivity index (χ0n) is 10.7. The van der Waals surface area contributed by atoms with Crippen molar-refractivity contribution in [3.8, 4) is 0 Å². The summed E-state index contributed by atoms with van der Waals surface area (Å²) in [5, 5.41) is 9.48. The Morgan fingerprint density at radius 2 is 2.06 bits per heavy atom. The molecule has 3 atom stereocenters. The van der Waals surface area contributed by atoms with E-state index in [4.69, 9.17) is 14.0 Å². The molecule has 102 valence electrons. The first-order valence-electron chi connectivity index (χ1n) is 5.03. The number of aliphatic hydroxyl groups is 1. The van der Waals surface area contributed by atoms with Gasteiger partial charge >= 0.3 is 7.60 Å². The molecule has 0 radical (unpaired) electrons. The number of aliphatic hydroxyl groups excluding tert-OH is 1. The van der Waals surface area contributed by atoms with E-state index in [1.54, 1.807) is 6.92 Å². The van der Waals surface area contributed by atoms with E-state index in [1.807, 2.05) is 0 Å². The Bertz CT molecular complexity index is 299. The van der Waals surface area contributed by atoms with Crippen LogP contribution in [-0.4, -0.2) is 55.8 Å². The Labute approximate surface area is 102 Å². The summed E-state index contributed by atoms with van der Waals surface area (Å²) in [7, 11) is -0.948. The van der Waals surface area contributed by atoms with Crippen LogP contribution in [-0.2, 0) is 18.6 Å². The van der Waals surface area contributed by atoms with E-state index < -0.39 is 25.9 Å². The Morgan fingerprint density at radius 1 is 1.53 bits per heavy atom. The molecule has 0 aliphatic heterocycles. The van der Waals surface area contributed by atoms with Crippen LogP contribution in [0.25, 0.3) is 0 Å². The van der Waals surface area contributed by atoms with Gasteiger partial charge in [0.1, 0.15) is 11.7 Å². The highest BCUT2D eigenvalue weighted by molar-refractivity contribution is 7.51. The second kappa shape index (κ2) is 6.64. The zero-order chi connectivity index (χ0) is 13.7. The molecule has 0 amide bonds. The summed E-state index contributed by atoms with van der Waals surface area (Å²) >= 11 is 0. The Kier molecular flexibility index (Phi) is 6.55. The summed E-state index contributed by atoms with van der Waals surface area (Å²) < 4.78 is 26.6. The monoisotopic (exact) mass is 268 g/mol. The molecule has 0 aromatic heterocycles. The maximum absolute atomic E-state index is 11.4. The predicted octanol–water partition coefficient (Wildman–Crippen LogP) is 0.787. The molecular weight excluding hydrogens is 247 g/mol. The largest absolute Gasteiger partial charge is 0.393 e. The minimum absolute atomic E-state index is 0.101. The molecule has 0 heterocycles. The van der Waals surface area contributed by atoms with Crippen LogP contribution in [0.3, 0.4) is 0 Å². The van der Waals surface area contributed by atoms with Gasteiger partial charge in [-0.25, -0.2) is 0 Å². The first-order valence-corrected chi connectivity index (χ1v) is 7.05. The lowest BCUT2D eigenvalue weighted by Gasteiger charge is -2.38. The van der Waals surface area contributed by atoms with Gasteiger partial charge in [-0.05, 0) is 12.5 Å². The van der Waals surface area contributed by atoms with Crippen molar-refractivity contribution in [2.75, 3.05) is 34.1 Å². The van der Waals surface area contributed by atoms with Crippen LogP contribution in [0.15, 0.2) is 12.2 Å². The molecule has 17 heavy (non-hydrogen) atoms. The molecule has 0 spiro atoms. The number of rotatable bonds is 8. The standard InChI is InChI=1S/C10H21O6P/c1-8(2)10(7-11,16-17(5,12)13)9(15-4)6-14-3/h9,11H,1,6-7H2,2-5H3,(H,12,13)/t9-,10?/m1/s1. The van der Waals surface area contributed by atoms with Crippen molar-refractivity contribution >= 4 is 7.60 Å². The fourth-order valence-corrected chi connectivity index (χ4v) is 2.46. The summed E-state index contributed by atoms with van der Waals surface area (Å²) in [5.74, 6) is 0. The first-order chi connectivity index (χ1) is 7.73. The van der Waals surface area contributed by atoms with E-state index in [9.17, 15) is 14.6 Å². The summed E-state index contributed by atoms with van der Waals surface area (Å²) in [6, 6.07) is 0. The van der Waals surface area contributed by atoms with Crippen LogP contribution in [0.4, 0.5) is 0 Å². The SMILES string of the molecule is C=C(C)C(CO)(OP(C)(=O)O)[C@@H](COC)OC. The van der Waals surface area contributed by atoms with Gasteiger partial charge in [-0.1, -0.05) is 6.58 Å². The molecular formula is C10H21O6P. The minimum Gasteiger partial charge on any atom is -0.393 e. The molecule has 0 aliphatic carbocycles. The maximum atomic E-state index is 11.4. The summed E-state index contributed by atoms with van der Waals surface area (Å²) in [6.07, 6.45) is -0.726. The summed E-state index contributed by atoms with van der Waals surface area (Å²) in [5.41, 5.74) is -1.07. The highest BCUT2D eigenvalue weighted by Crippen LogP contribution is 2.45. The summed E-state index contributed by atoms with van der Waals surface area (Å²) in [4.78, 5) is 9.33. The average Bonchev–Trinajstić information content (AvgIpc) is 2.21. The van der Waals surface area contributed by atoms with Crippen LogP contribution in [0.2, 0.25) is 0 Å². The lowest BCUT2D eigenvalue weighted by molar-refractivity contribution is -0.107. The Morgan fingerprint density at radius 3 is 2.29 bits per heavy atom. The van der Waals surface area contributed by atoms with Gasteiger partial charge in [0, 0.05) is 20.9 Å². The van der Waals surface area contributed by atoms with E-state index in [1.165, 1.54) is 14.2 Å². The number of methoxy groups -OCH3 is 2. The van der Waals surface area contributed by atoms with Gasteiger partial charge < -0.3 is 19.5 Å². The van der Waals surface area contributed by atoms with Crippen LogP contribution >= 0.6 is 7.60 Å². The van der Waals surface area contributed by atoms with Crippen LogP contribution < -0.4 is 0 Å². The number of ether oxygens (including phenoxy) is 2. The van der Waals surface area contributed by atoms with Crippen LogP contribution in [0, 0.1) is 0 Å². The molecule has 0 saturated carbocycles. The van der Waals surface area contributed by atoms with Gasteiger partial charge in [-0.3, -0.25) is 9.09 Å². The number of hydrogen-bond acceptors (Lipinski definition) is 5. The highest BCUT2D eigenvalue weighted by Gasteiger charge is 2.45. The lowest BCUT2D eigenvalue weighted by atomic mass is 9.91. The van der Waals surface area contributed by atoms with E-state index in [0.717, 1.165) is 6.66 Å².